The summed E-state index contributed by atoms with van der Waals surface area (Å²) < 4.78 is 2.03. The van der Waals surface area contributed by atoms with E-state index < -0.39 is 0 Å². The fraction of sp³-hybridized carbons (Fsp3) is 0.400. The Morgan fingerprint density at radius 1 is 1.37 bits per heavy atom. The van der Waals surface area contributed by atoms with Crippen LogP contribution in [0.4, 0.5) is 0 Å². The monoisotopic (exact) mass is 277 g/mol. The van der Waals surface area contributed by atoms with Crippen LogP contribution in [0.2, 0.25) is 5.02 Å². The average Bonchev–Trinajstić information content (AvgIpc) is 2.76. The van der Waals surface area contributed by atoms with E-state index in [9.17, 15) is 0 Å². The van der Waals surface area contributed by atoms with Crippen molar-refractivity contribution < 1.29 is 0 Å². The lowest BCUT2D eigenvalue weighted by Crippen LogP contribution is -2.20. The highest BCUT2D eigenvalue weighted by atomic mass is 35.5. The van der Waals surface area contributed by atoms with E-state index in [0.717, 1.165) is 23.8 Å². The molecular formula is C15H20ClN3. The zero-order valence-electron chi connectivity index (χ0n) is 11.7. The van der Waals surface area contributed by atoms with E-state index in [0.29, 0.717) is 0 Å². The number of hydrogen-bond acceptors (Lipinski definition) is 2. The van der Waals surface area contributed by atoms with Crippen molar-refractivity contribution in [2.45, 2.75) is 39.9 Å². The Balaban J connectivity index is 2.02. The van der Waals surface area contributed by atoms with Gasteiger partial charge in [0.05, 0.1) is 11.4 Å². The van der Waals surface area contributed by atoms with Crippen LogP contribution >= 0.6 is 11.6 Å². The van der Waals surface area contributed by atoms with E-state index in [2.05, 4.69) is 36.4 Å². The fourth-order valence-corrected chi connectivity index (χ4v) is 2.37. The van der Waals surface area contributed by atoms with Crippen LogP contribution in [0, 0.1) is 6.92 Å². The second kappa shape index (κ2) is 6.22. The summed E-state index contributed by atoms with van der Waals surface area (Å²) in [5.41, 5.74) is 3.48. The molecule has 19 heavy (non-hydrogen) atoms. The summed E-state index contributed by atoms with van der Waals surface area (Å²) >= 11 is 6.02. The van der Waals surface area contributed by atoms with Crippen molar-refractivity contribution in [2.24, 2.45) is 0 Å². The number of nitrogens with one attached hydrogen (secondary N) is 1. The van der Waals surface area contributed by atoms with Crippen LogP contribution in [0.25, 0.3) is 0 Å². The Morgan fingerprint density at radius 3 is 2.84 bits per heavy atom. The molecule has 1 heterocycles. The maximum absolute atomic E-state index is 6.02. The third kappa shape index (κ3) is 3.58. The summed E-state index contributed by atoms with van der Waals surface area (Å²) in [6, 6.07) is 10.4. The molecule has 3 nitrogen and oxygen atoms in total. The molecule has 0 bridgehead atoms. The zero-order valence-corrected chi connectivity index (χ0v) is 12.4. The van der Waals surface area contributed by atoms with Crippen molar-refractivity contribution in [2.75, 3.05) is 0 Å². The van der Waals surface area contributed by atoms with Gasteiger partial charge >= 0.3 is 0 Å². The maximum atomic E-state index is 6.02. The topological polar surface area (TPSA) is 29.9 Å². The van der Waals surface area contributed by atoms with Crippen LogP contribution in [-0.2, 0) is 13.1 Å². The van der Waals surface area contributed by atoms with Gasteiger partial charge in [-0.1, -0.05) is 23.7 Å². The van der Waals surface area contributed by atoms with Crippen LogP contribution in [0.5, 0.6) is 0 Å². The zero-order chi connectivity index (χ0) is 13.8. The predicted octanol–water partition coefficient (Wildman–Crippen LogP) is 3.72. The lowest BCUT2D eigenvalue weighted by Gasteiger charge is -2.15. The SMILES string of the molecule is CCn1nc(C)cc1CNC(C)c1cccc(Cl)c1. The van der Waals surface area contributed by atoms with Crippen LogP contribution in [0.15, 0.2) is 30.3 Å². The Kier molecular flexibility index (Phi) is 4.61. The van der Waals surface area contributed by atoms with Gasteiger partial charge < -0.3 is 5.32 Å². The van der Waals surface area contributed by atoms with Gasteiger partial charge in [-0.3, -0.25) is 4.68 Å². The van der Waals surface area contributed by atoms with Gasteiger partial charge in [-0.15, -0.1) is 0 Å². The van der Waals surface area contributed by atoms with E-state index >= 15 is 0 Å². The molecule has 2 aromatic rings. The lowest BCUT2D eigenvalue weighted by atomic mass is 10.1. The van der Waals surface area contributed by atoms with Gasteiger partial charge in [0.1, 0.15) is 0 Å². The molecule has 4 heteroatoms. The summed E-state index contributed by atoms with van der Waals surface area (Å²) in [5.74, 6) is 0. The number of aromatic nitrogens is 2. The molecule has 1 aromatic heterocycles. The van der Waals surface area contributed by atoms with Gasteiger partial charge in [-0.2, -0.15) is 5.10 Å². The first-order valence-electron chi connectivity index (χ1n) is 6.62. The fourth-order valence-electron chi connectivity index (χ4n) is 2.17. The molecule has 0 radical (unpaired) electrons. The Labute approximate surface area is 119 Å². The van der Waals surface area contributed by atoms with Crippen molar-refractivity contribution in [3.8, 4) is 0 Å². The molecule has 0 aliphatic heterocycles. The summed E-state index contributed by atoms with van der Waals surface area (Å²) in [5, 5.41) is 8.74. The minimum absolute atomic E-state index is 0.263. The molecule has 102 valence electrons. The third-order valence-corrected chi connectivity index (χ3v) is 3.46. The van der Waals surface area contributed by atoms with Crippen molar-refractivity contribution in [1.82, 2.24) is 15.1 Å². The quantitative estimate of drug-likeness (QED) is 0.903. The van der Waals surface area contributed by atoms with Crippen molar-refractivity contribution in [3.63, 3.8) is 0 Å². The second-order valence-corrected chi connectivity index (χ2v) is 5.19. The number of benzene rings is 1. The molecular weight excluding hydrogens is 258 g/mol. The van der Waals surface area contributed by atoms with E-state index in [4.69, 9.17) is 11.6 Å². The highest BCUT2D eigenvalue weighted by Crippen LogP contribution is 2.17. The van der Waals surface area contributed by atoms with Gasteiger partial charge in [-0.05, 0) is 44.5 Å². The van der Waals surface area contributed by atoms with Crippen molar-refractivity contribution in [1.29, 1.82) is 0 Å². The molecule has 1 atom stereocenters. The summed E-state index contributed by atoms with van der Waals surface area (Å²) in [6.07, 6.45) is 0. The van der Waals surface area contributed by atoms with Gasteiger partial charge in [0.2, 0.25) is 0 Å². The molecule has 0 saturated heterocycles. The molecule has 0 aliphatic rings. The van der Waals surface area contributed by atoms with E-state index in [1.807, 2.05) is 29.8 Å². The van der Waals surface area contributed by atoms with Gasteiger partial charge in [-0.25, -0.2) is 0 Å². The average molecular weight is 278 g/mol. The van der Waals surface area contributed by atoms with E-state index in [1.54, 1.807) is 0 Å². The van der Waals surface area contributed by atoms with Crippen molar-refractivity contribution >= 4 is 11.6 Å². The van der Waals surface area contributed by atoms with Crippen LogP contribution in [-0.4, -0.2) is 9.78 Å². The minimum atomic E-state index is 0.263. The maximum Gasteiger partial charge on any atom is 0.0597 e. The highest BCUT2D eigenvalue weighted by Gasteiger charge is 2.08. The summed E-state index contributed by atoms with van der Waals surface area (Å²) in [7, 11) is 0. The first-order valence-corrected chi connectivity index (χ1v) is 7.00. The number of aryl methyl sites for hydroxylation is 2. The number of nitrogens with zero attached hydrogens (tertiary/aromatic N) is 2. The molecule has 0 fully saturated rings. The lowest BCUT2D eigenvalue weighted by molar-refractivity contribution is 0.531. The molecule has 1 N–H and O–H groups in total. The Hall–Kier alpha value is -1.32. The third-order valence-electron chi connectivity index (χ3n) is 3.22. The smallest absolute Gasteiger partial charge is 0.0597 e. The Bertz CT molecular complexity index is 548. The molecule has 0 aliphatic carbocycles. The number of halogens is 1. The molecule has 2 rings (SSSR count). The summed E-state index contributed by atoms with van der Waals surface area (Å²) in [4.78, 5) is 0. The van der Waals surface area contributed by atoms with Crippen molar-refractivity contribution in [3.05, 3.63) is 52.3 Å². The molecule has 1 unspecified atom stereocenters. The van der Waals surface area contributed by atoms with E-state index in [-0.39, 0.29) is 6.04 Å². The van der Waals surface area contributed by atoms with Crippen LogP contribution in [0.1, 0.15) is 36.8 Å². The van der Waals surface area contributed by atoms with E-state index in [1.165, 1.54) is 11.3 Å². The first kappa shape index (κ1) is 14.1. The normalized spacial score (nSPS) is 12.6. The van der Waals surface area contributed by atoms with Gasteiger partial charge in [0, 0.05) is 24.2 Å². The second-order valence-electron chi connectivity index (χ2n) is 4.75. The largest absolute Gasteiger partial charge is 0.305 e. The molecule has 1 aromatic carbocycles. The molecule has 0 amide bonds. The van der Waals surface area contributed by atoms with Crippen LogP contribution in [0.3, 0.4) is 0 Å². The van der Waals surface area contributed by atoms with Crippen LogP contribution < -0.4 is 5.32 Å². The molecule has 0 saturated carbocycles. The number of rotatable bonds is 5. The predicted molar refractivity (Wildman–Crippen MR) is 79.3 cm³/mol. The summed E-state index contributed by atoms with van der Waals surface area (Å²) in [6.45, 7) is 7.98. The standard InChI is InChI=1S/C15H20ClN3/c1-4-19-15(8-11(2)18-19)10-17-12(3)13-6-5-7-14(16)9-13/h5-9,12,17H,4,10H2,1-3H3. The Morgan fingerprint density at radius 2 is 2.16 bits per heavy atom. The minimum Gasteiger partial charge on any atom is -0.305 e. The van der Waals surface area contributed by atoms with Gasteiger partial charge in [0.15, 0.2) is 0 Å². The first-order chi connectivity index (χ1) is 9.10. The number of hydrogen-bond donors (Lipinski definition) is 1. The highest BCUT2D eigenvalue weighted by molar-refractivity contribution is 6.30. The molecule has 0 spiro atoms. The van der Waals surface area contributed by atoms with Gasteiger partial charge in [0.25, 0.3) is 0 Å².